The summed E-state index contributed by atoms with van der Waals surface area (Å²) in [6.45, 7) is 2.59. The van der Waals surface area contributed by atoms with E-state index in [0.717, 1.165) is 30.0 Å². The Kier molecular flexibility index (Phi) is 7.17. The zero-order valence-corrected chi connectivity index (χ0v) is 17.9. The van der Waals surface area contributed by atoms with Crippen LogP contribution in [0.15, 0.2) is 64.9 Å². The molecule has 152 valence electrons. The number of benzene rings is 2. The highest BCUT2D eigenvalue weighted by Gasteiger charge is 2.15. The Morgan fingerprint density at radius 2 is 1.76 bits per heavy atom. The molecule has 0 aliphatic heterocycles. The second-order valence-electron chi connectivity index (χ2n) is 6.86. The lowest BCUT2D eigenvalue weighted by molar-refractivity contribution is 0.0953. The molecule has 0 saturated heterocycles. The first-order chi connectivity index (χ1) is 13.9. The monoisotopic (exact) mass is 428 g/mol. The number of hydrogen-bond donors (Lipinski definition) is 1. The summed E-state index contributed by atoms with van der Waals surface area (Å²) in [6.07, 6.45) is 2.79. The van der Waals surface area contributed by atoms with Crippen molar-refractivity contribution in [3.8, 4) is 0 Å². The average molecular weight is 429 g/mol. The van der Waals surface area contributed by atoms with Crippen LogP contribution < -0.4 is 5.32 Å². The van der Waals surface area contributed by atoms with Gasteiger partial charge in [0.1, 0.15) is 0 Å². The summed E-state index contributed by atoms with van der Waals surface area (Å²) in [5.74, 6) is -0.234. The molecule has 1 N–H and O–H groups in total. The van der Waals surface area contributed by atoms with Crippen molar-refractivity contribution in [1.29, 1.82) is 0 Å². The smallest absolute Gasteiger partial charge is 0.251 e. The van der Waals surface area contributed by atoms with Crippen molar-refractivity contribution < 1.29 is 13.2 Å². The van der Waals surface area contributed by atoms with Crippen LogP contribution >= 0.6 is 11.3 Å². The van der Waals surface area contributed by atoms with Gasteiger partial charge >= 0.3 is 0 Å². The largest absolute Gasteiger partial charge is 0.352 e. The van der Waals surface area contributed by atoms with Crippen molar-refractivity contribution in [2.45, 2.75) is 36.8 Å². The van der Waals surface area contributed by atoms with Gasteiger partial charge < -0.3 is 5.32 Å². The second kappa shape index (κ2) is 9.80. The van der Waals surface area contributed by atoms with Gasteiger partial charge in [-0.25, -0.2) is 13.4 Å². The molecule has 0 fully saturated rings. The minimum Gasteiger partial charge on any atom is -0.352 e. The number of aromatic nitrogens is 1. The van der Waals surface area contributed by atoms with Crippen LogP contribution in [0.2, 0.25) is 0 Å². The summed E-state index contributed by atoms with van der Waals surface area (Å²) in [5, 5.41) is 6.09. The zero-order chi connectivity index (χ0) is 20.7. The molecule has 0 saturated carbocycles. The van der Waals surface area contributed by atoms with Crippen molar-refractivity contribution in [3.63, 3.8) is 0 Å². The molecule has 3 rings (SSSR count). The lowest BCUT2D eigenvalue weighted by Crippen LogP contribution is -2.24. The number of carbonyl (C=O) groups excluding carboxylic acids is 1. The summed E-state index contributed by atoms with van der Waals surface area (Å²) in [6, 6.07) is 15.1. The first-order valence-electron chi connectivity index (χ1n) is 9.50. The van der Waals surface area contributed by atoms with E-state index >= 15 is 0 Å². The molecule has 0 unspecified atom stereocenters. The molecule has 2 aromatic carbocycles. The topological polar surface area (TPSA) is 76.1 Å². The Morgan fingerprint density at radius 3 is 2.41 bits per heavy atom. The number of amides is 1. The maximum Gasteiger partial charge on any atom is 0.251 e. The van der Waals surface area contributed by atoms with Gasteiger partial charge in [-0.15, -0.1) is 11.3 Å². The second-order valence-corrected chi connectivity index (χ2v) is 9.80. The number of aryl methyl sites for hydroxylation is 2. The standard InChI is InChI=1S/C22H24N2O3S2/c1-17-15-28-21(24-17)9-5-6-14-23-22(25)19-12-10-18(11-13-19)16-29(26,27)20-7-3-2-4-8-20/h2-4,7-8,10-13,15H,5-6,9,14,16H2,1H3,(H,23,25). The molecule has 5 nitrogen and oxygen atoms in total. The number of rotatable bonds is 9. The number of hydrogen-bond acceptors (Lipinski definition) is 5. The molecule has 0 aliphatic carbocycles. The Bertz CT molecular complexity index is 1040. The number of unbranched alkanes of at least 4 members (excludes halogenated alkanes) is 1. The minimum atomic E-state index is -3.39. The van der Waals surface area contributed by atoms with Crippen LogP contribution in [-0.2, 0) is 22.0 Å². The number of sulfone groups is 1. The van der Waals surface area contributed by atoms with Gasteiger partial charge in [-0.1, -0.05) is 30.3 Å². The van der Waals surface area contributed by atoms with Crippen molar-refractivity contribution >= 4 is 27.1 Å². The van der Waals surface area contributed by atoms with Crippen LogP contribution in [0.1, 0.15) is 39.5 Å². The molecule has 1 aromatic heterocycles. The molecule has 7 heteroatoms. The third-order valence-corrected chi connectivity index (χ3v) is 7.17. The maximum atomic E-state index is 12.4. The SMILES string of the molecule is Cc1csc(CCCCNC(=O)c2ccc(CS(=O)(=O)c3ccccc3)cc2)n1. The first kappa shape index (κ1) is 21.2. The molecule has 0 spiro atoms. The van der Waals surface area contributed by atoms with E-state index < -0.39 is 9.84 Å². The van der Waals surface area contributed by atoms with Crippen molar-refractivity contribution in [3.05, 3.63) is 81.8 Å². The zero-order valence-electron chi connectivity index (χ0n) is 16.3. The minimum absolute atomic E-state index is 0.0882. The molecule has 3 aromatic rings. The molecule has 0 aliphatic rings. The van der Waals surface area contributed by atoms with E-state index in [1.165, 1.54) is 0 Å². The van der Waals surface area contributed by atoms with E-state index in [1.54, 1.807) is 65.9 Å². The maximum absolute atomic E-state index is 12.4. The molecular weight excluding hydrogens is 404 g/mol. The molecule has 1 amide bonds. The van der Waals surface area contributed by atoms with Gasteiger partial charge in [-0.05, 0) is 56.0 Å². The van der Waals surface area contributed by atoms with Gasteiger partial charge in [0.25, 0.3) is 5.91 Å². The van der Waals surface area contributed by atoms with Gasteiger partial charge in [0.15, 0.2) is 9.84 Å². The fourth-order valence-electron chi connectivity index (χ4n) is 2.91. The number of nitrogens with one attached hydrogen (secondary N) is 1. The average Bonchev–Trinajstić information content (AvgIpc) is 3.13. The van der Waals surface area contributed by atoms with Gasteiger partial charge in [0.2, 0.25) is 0 Å². The molecule has 0 radical (unpaired) electrons. The highest BCUT2D eigenvalue weighted by atomic mass is 32.2. The third kappa shape index (κ3) is 6.24. The van der Waals surface area contributed by atoms with Gasteiger partial charge in [-0.2, -0.15) is 0 Å². The van der Waals surface area contributed by atoms with Gasteiger partial charge in [0, 0.05) is 23.2 Å². The van der Waals surface area contributed by atoms with Crippen molar-refractivity contribution in [1.82, 2.24) is 10.3 Å². The lowest BCUT2D eigenvalue weighted by Gasteiger charge is -2.07. The quantitative estimate of drug-likeness (QED) is 0.519. The van der Waals surface area contributed by atoms with E-state index in [9.17, 15) is 13.2 Å². The summed E-state index contributed by atoms with van der Waals surface area (Å²) in [7, 11) is -3.39. The van der Waals surface area contributed by atoms with Crippen LogP contribution in [-0.4, -0.2) is 25.9 Å². The molecule has 0 bridgehead atoms. The lowest BCUT2D eigenvalue weighted by atomic mass is 10.1. The van der Waals surface area contributed by atoms with Crippen LogP contribution in [0.25, 0.3) is 0 Å². The van der Waals surface area contributed by atoms with E-state index in [-0.39, 0.29) is 11.7 Å². The van der Waals surface area contributed by atoms with E-state index in [0.29, 0.717) is 22.6 Å². The highest BCUT2D eigenvalue weighted by Crippen LogP contribution is 2.16. The Balaban J connectivity index is 1.46. The molecule has 29 heavy (non-hydrogen) atoms. The van der Waals surface area contributed by atoms with Crippen LogP contribution in [0.4, 0.5) is 0 Å². The normalized spacial score (nSPS) is 11.3. The Labute approximate surface area is 175 Å². The van der Waals surface area contributed by atoms with Gasteiger partial charge in [-0.3, -0.25) is 4.79 Å². The summed E-state index contributed by atoms with van der Waals surface area (Å²) >= 11 is 1.67. The molecule has 1 heterocycles. The predicted octanol–water partition coefficient (Wildman–Crippen LogP) is 4.18. The van der Waals surface area contributed by atoms with Crippen molar-refractivity contribution in [2.75, 3.05) is 6.54 Å². The summed E-state index contributed by atoms with van der Waals surface area (Å²) in [4.78, 5) is 17.0. The van der Waals surface area contributed by atoms with E-state index in [4.69, 9.17) is 0 Å². The first-order valence-corrected chi connectivity index (χ1v) is 12.0. The van der Waals surface area contributed by atoms with Gasteiger partial charge in [0.05, 0.1) is 15.7 Å². The third-order valence-electron chi connectivity index (χ3n) is 4.44. The summed E-state index contributed by atoms with van der Waals surface area (Å²) < 4.78 is 24.9. The predicted molar refractivity (Wildman–Crippen MR) is 116 cm³/mol. The van der Waals surface area contributed by atoms with Crippen LogP contribution in [0, 0.1) is 6.92 Å². The molecular formula is C22H24N2O3S2. The fourth-order valence-corrected chi connectivity index (χ4v) is 5.09. The highest BCUT2D eigenvalue weighted by molar-refractivity contribution is 7.90. The molecule has 0 atom stereocenters. The Morgan fingerprint density at radius 1 is 1.03 bits per heavy atom. The number of nitrogens with zero attached hydrogens (tertiary/aromatic N) is 1. The fraction of sp³-hybridized carbons (Fsp3) is 0.273. The van der Waals surface area contributed by atoms with E-state index in [2.05, 4.69) is 10.3 Å². The van der Waals surface area contributed by atoms with Crippen LogP contribution in [0.5, 0.6) is 0 Å². The summed E-state index contributed by atoms with van der Waals surface area (Å²) in [5.41, 5.74) is 2.24. The van der Waals surface area contributed by atoms with Crippen LogP contribution in [0.3, 0.4) is 0 Å². The number of thiazole rings is 1. The number of carbonyl (C=O) groups is 1. The van der Waals surface area contributed by atoms with Crippen molar-refractivity contribution in [2.24, 2.45) is 0 Å². The van der Waals surface area contributed by atoms with E-state index in [1.807, 2.05) is 12.3 Å². The Hall–Kier alpha value is -2.51.